The van der Waals surface area contributed by atoms with Gasteiger partial charge in [0.2, 0.25) is 0 Å². The van der Waals surface area contributed by atoms with Crippen molar-refractivity contribution in [1.29, 1.82) is 0 Å². The summed E-state index contributed by atoms with van der Waals surface area (Å²) in [5, 5.41) is 7.51. The topological polar surface area (TPSA) is 77.0 Å². The average Bonchev–Trinajstić information content (AvgIpc) is 2.40. The van der Waals surface area contributed by atoms with Gasteiger partial charge in [-0.15, -0.1) is 0 Å². The van der Waals surface area contributed by atoms with Gasteiger partial charge in [0, 0.05) is 17.7 Å². The van der Waals surface area contributed by atoms with Crippen LogP contribution in [0, 0.1) is 19.8 Å². The van der Waals surface area contributed by atoms with E-state index in [0.29, 0.717) is 29.8 Å². The molecule has 2 atom stereocenters. The van der Waals surface area contributed by atoms with Crippen molar-refractivity contribution in [3.05, 3.63) is 23.0 Å². The number of hydrogen-bond acceptors (Lipinski definition) is 5. The van der Waals surface area contributed by atoms with Crippen LogP contribution in [0.4, 0.5) is 0 Å². The van der Waals surface area contributed by atoms with Crippen molar-refractivity contribution in [2.24, 2.45) is 5.92 Å². The molecule has 0 saturated heterocycles. The minimum Gasteiger partial charge on any atom is -0.294 e. The molecule has 5 nitrogen and oxygen atoms in total. The van der Waals surface area contributed by atoms with E-state index in [2.05, 4.69) is 10.2 Å². The summed E-state index contributed by atoms with van der Waals surface area (Å²) in [5.41, 5.74) is 1.90. The SMILES string of the molecule is Cc1cc(C(=O)C2CCCC(S(C)(=O)=O)C2)c(C)nn1. The maximum atomic E-state index is 12.6. The lowest BCUT2D eigenvalue weighted by Crippen LogP contribution is -2.31. The van der Waals surface area contributed by atoms with Gasteiger partial charge in [0.25, 0.3) is 0 Å². The highest BCUT2D eigenvalue weighted by Gasteiger charge is 2.33. The van der Waals surface area contributed by atoms with Crippen molar-refractivity contribution in [2.45, 2.75) is 44.8 Å². The third kappa shape index (κ3) is 3.23. The van der Waals surface area contributed by atoms with Gasteiger partial charge in [-0.25, -0.2) is 8.42 Å². The zero-order valence-corrected chi connectivity index (χ0v) is 12.9. The molecule has 0 aliphatic heterocycles. The molecule has 1 heterocycles. The van der Waals surface area contributed by atoms with Crippen LogP contribution >= 0.6 is 0 Å². The van der Waals surface area contributed by atoms with E-state index in [0.717, 1.165) is 12.8 Å². The molecule has 1 fully saturated rings. The fourth-order valence-electron chi connectivity index (χ4n) is 2.79. The van der Waals surface area contributed by atoms with Crippen molar-refractivity contribution < 1.29 is 13.2 Å². The second kappa shape index (κ2) is 5.60. The van der Waals surface area contributed by atoms with Crippen LogP contribution < -0.4 is 0 Å². The Morgan fingerprint density at radius 2 is 1.95 bits per heavy atom. The number of aromatic nitrogens is 2. The van der Waals surface area contributed by atoms with Gasteiger partial charge in [-0.1, -0.05) is 6.42 Å². The number of Topliss-reactive ketones (excluding diaryl/α,β-unsaturated/α-hetero) is 1. The predicted octanol–water partition coefficient (Wildman–Crippen LogP) is 1.88. The van der Waals surface area contributed by atoms with Crippen molar-refractivity contribution in [1.82, 2.24) is 10.2 Å². The Labute approximate surface area is 119 Å². The molecule has 1 aliphatic carbocycles. The van der Waals surface area contributed by atoms with Crippen molar-refractivity contribution in [2.75, 3.05) is 6.26 Å². The molecule has 0 amide bonds. The molecule has 2 unspecified atom stereocenters. The van der Waals surface area contributed by atoms with Crippen molar-refractivity contribution in [3.63, 3.8) is 0 Å². The highest BCUT2D eigenvalue weighted by molar-refractivity contribution is 7.91. The molecule has 0 N–H and O–H groups in total. The van der Waals surface area contributed by atoms with E-state index in [1.165, 1.54) is 6.26 Å². The molecule has 20 heavy (non-hydrogen) atoms. The van der Waals surface area contributed by atoms with Crippen LogP contribution in [0.3, 0.4) is 0 Å². The first-order valence-electron chi connectivity index (χ1n) is 6.83. The summed E-state index contributed by atoms with van der Waals surface area (Å²) in [6.45, 7) is 3.56. The first-order valence-corrected chi connectivity index (χ1v) is 8.78. The highest BCUT2D eigenvalue weighted by Crippen LogP contribution is 2.31. The Morgan fingerprint density at radius 3 is 2.60 bits per heavy atom. The fraction of sp³-hybridized carbons (Fsp3) is 0.643. The standard InChI is InChI=1S/C14H20N2O3S/c1-9-7-13(10(2)16-15-9)14(17)11-5-4-6-12(8-11)20(3,18)19/h7,11-12H,4-6,8H2,1-3H3. The highest BCUT2D eigenvalue weighted by atomic mass is 32.2. The lowest BCUT2D eigenvalue weighted by atomic mass is 9.83. The lowest BCUT2D eigenvalue weighted by Gasteiger charge is -2.27. The summed E-state index contributed by atoms with van der Waals surface area (Å²) in [5.74, 6) is -0.209. The van der Waals surface area contributed by atoms with Gasteiger partial charge in [0.1, 0.15) is 9.84 Å². The average molecular weight is 296 g/mol. The summed E-state index contributed by atoms with van der Waals surface area (Å²) < 4.78 is 23.4. The maximum Gasteiger partial charge on any atom is 0.167 e. The molecule has 0 aromatic carbocycles. The molecule has 1 aliphatic rings. The van der Waals surface area contributed by atoms with Crippen LogP contribution in [0.15, 0.2) is 6.07 Å². The third-order valence-electron chi connectivity index (χ3n) is 3.97. The molecule has 6 heteroatoms. The van der Waals surface area contributed by atoms with Crippen LogP contribution in [0.5, 0.6) is 0 Å². The number of carbonyl (C=O) groups is 1. The van der Waals surface area contributed by atoms with Gasteiger partial charge in [0.15, 0.2) is 5.78 Å². The molecular formula is C14H20N2O3S. The lowest BCUT2D eigenvalue weighted by molar-refractivity contribution is 0.0889. The quantitative estimate of drug-likeness (QED) is 0.796. The zero-order valence-electron chi connectivity index (χ0n) is 12.1. The Hall–Kier alpha value is -1.30. The van der Waals surface area contributed by atoms with E-state index in [1.54, 1.807) is 19.9 Å². The van der Waals surface area contributed by atoms with Crippen LogP contribution in [0.2, 0.25) is 0 Å². The maximum absolute atomic E-state index is 12.6. The van der Waals surface area contributed by atoms with E-state index in [-0.39, 0.29) is 17.0 Å². The largest absolute Gasteiger partial charge is 0.294 e. The second-order valence-electron chi connectivity index (χ2n) is 5.66. The van der Waals surface area contributed by atoms with Crippen LogP contribution in [-0.4, -0.2) is 35.9 Å². The van der Waals surface area contributed by atoms with Crippen LogP contribution in [0.25, 0.3) is 0 Å². The number of carbonyl (C=O) groups excluding carboxylic acids is 1. The number of rotatable bonds is 3. The van der Waals surface area contributed by atoms with E-state index < -0.39 is 9.84 Å². The molecule has 0 radical (unpaired) electrons. The summed E-state index contributed by atoms with van der Waals surface area (Å²) in [7, 11) is -3.07. The summed E-state index contributed by atoms with van der Waals surface area (Å²) in [6, 6.07) is 1.74. The van der Waals surface area contributed by atoms with Gasteiger partial charge in [-0.05, 0) is 39.2 Å². The van der Waals surface area contributed by atoms with Gasteiger partial charge in [-0.2, -0.15) is 10.2 Å². The Bertz CT molecular complexity index is 625. The molecule has 0 bridgehead atoms. The first kappa shape index (κ1) is 15.1. The number of sulfone groups is 1. The van der Waals surface area contributed by atoms with E-state index in [9.17, 15) is 13.2 Å². The Morgan fingerprint density at radius 1 is 1.25 bits per heavy atom. The van der Waals surface area contributed by atoms with Crippen molar-refractivity contribution >= 4 is 15.6 Å². The number of aryl methyl sites for hydroxylation is 2. The van der Waals surface area contributed by atoms with Crippen LogP contribution in [0.1, 0.15) is 47.4 Å². The van der Waals surface area contributed by atoms with E-state index in [1.807, 2.05) is 0 Å². The van der Waals surface area contributed by atoms with Gasteiger partial charge >= 0.3 is 0 Å². The molecule has 0 spiro atoms. The van der Waals surface area contributed by atoms with Gasteiger partial charge in [-0.3, -0.25) is 4.79 Å². The van der Waals surface area contributed by atoms with E-state index >= 15 is 0 Å². The zero-order chi connectivity index (χ0) is 14.9. The number of nitrogens with zero attached hydrogens (tertiary/aromatic N) is 2. The summed E-state index contributed by atoms with van der Waals surface area (Å²) >= 11 is 0. The smallest absolute Gasteiger partial charge is 0.167 e. The Balaban J connectivity index is 2.23. The number of hydrogen-bond donors (Lipinski definition) is 0. The first-order chi connectivity index (χ1) is 9.29. The molecule has 2 rings (SSSR count). The Kier molecular flexibility index (Phi) is 4.22. The monoisotopic (exact) mass is 296 g/mol. The second-order valence-corrected chi connectivity index (χ2v) is 7.99. The molecule has 1 aromatic rings. The summed E-state index contributed by atoms with van der Waals surface area (Å²) in [4.78, 5) is 12.6. The van der Waals surface area contributed by atoms with Gasteiger partial charge in [0.05, 0.1) is 16.6 Å². The van der Waals surface area contributed by atoms with Crippen LogP contribution in [-0.2, 0) is 9.84 Å². The van der Waals surface area contributed by atoms with Crippen molar-refractivity contribution in [3.8, 4) is 0 Å². The molecule has 1 saturated carbocycles. The predicted molar refractivity (Wildman–Crippen MR) is 76.4 cm³/mol. The minimum absolute atomic E-state index is 0.00819. The minimum atomic E-state index is -3.07. The molecule has 110 valence electrons. The fourth-order valence-corrected chi connectivity index (χ4v) is 3.97. The van der Waals surface area contributed by atoms with E-state index in [4.69, 9.17) is 0 Å². The summed E-state index contributed by atoms with van der Waals surface area (Å²) in [6.07, 6.45) is 3.89. The normalized spacial score (nSPS) is 23.6. The molecular weight excluding hydrogens is 276 g/mol. The number of ketones is 1. The van der Waals surface area contributed by atoms with Gasteiger partial charge < -0.3 is 0 Å². The molecule has 1 aromatic heterocycles. The third-order valence-corrected chi connectivity index (χ3v) is 5.61.